The van der Waals surface area contributed by atoms with Crippen LogP contribution in [0.1, 0.15) is 64.4 Å². The molecule has 0 bridgehead atoms. The Balaban J connectivity index is 1.41. The van der Waals surface area contributed by atoms with Crippen LogP contribution in [-0.4, -0.2) is 70.1 Å². The predicted molar refractivity (Wildman–Crippen MR) is 170 cm³/mol. The van der Waals surface area contributed by atoms with Crippen molar-refractivity contribution in [3.8, 4) is 5.75 Å². The summed E-state index contributed by atoms with van der Waals surface area (Å²) in [6, 6.07) is 11.5. The van der Waals surface area contributed by atoms with Gasteiger partial charge in [-0.05, 0) is 62.5 Å². The lowest BCUT2D eigenvalue weighted by Crippen LogP contribution is -2.37. The highest BCUT2D eigenvalue weighted by Gasteiger charge is 2.26. The molecular weight excluding hydrogens is 577 g/mol. The first-order chi connectivity index (χ1) is 20.3. The lowest BCUT2D eigenvalue weighted by Gasteiger charge is -2.29. The number of carbonyl (C=O) groups is 2. The molecule has 0 fully saturated rings. The standard InChI is InChI=1S/C32H45Cl2N3O5/c1-4-6-7-9-22-41-32(39)42-24-37-29-23-26(16-14-25(29)15-17-30(37)38)40-21-10-8-18-36(5-2)20-19-35(3)28-13-11-12-27(33)31(28)34/h11-14,16,23H,4-10,15,17-22,24H2,1-3H3. The quantitative estimate of drug-likeness (QED) is 0.125. The molecule has 3 rings (SSSR count). The molecule has 42 heavy (non-hydrogen) atoms. The molecule has 0 aliphatic carbocycles. The first-order valence-corrected chi connectivity index (χ1v) is 15.8. The van der Waals surface area contributed by atoms with E-state index in [9.17, 15) is 9.59 Å². The number of unbranched alkanes of at least 4 members (excludes halogenated alkanes) is 4. The SMILES string of the molecule is CCCCCCOC(=O)OCN1C(=O)CCc2ccc(OCCCCN(CC)CCN(C)c3cccc(Cl)c3Cl)cc21. The summed E-state index contributed by atoms with van der Waals surface area (Å²) >= 11 is 12.5. The molecule has 1 aliphatic heterocycles. The van der Waals surface area contributed by atoms with Crippen molar-refractivity contribution >= 4 is 46.6 Å². The maximum atomic E-state index is 12.6. The van der Waals surface area contributed by atoms with Crippen LogP contribution in [0.25, 0.3) is 0 Å². The van der Waals surface area contributed by atoms with Gasteiger partial charge in [-0.15, -0.1) is 0 Å². The Hall–Kier alpha value is -2.68. The van der Waals surface area contributed by atoms with Gasteiger partial charge in [0.05, 0.1) is 34.6 Å². The lowest BCUT2D eigenvalue weighted by molar-refractivity contribution is -0.119. The minimum atomic E-state index is -0.750. The number of fused-ring (bicyclic) bond motifs is 1. The van der Waals surface area contributed by atoms with E-state index in [1.807, 2.05) is 37.4 Å². The summed E-state index contributed by atoms with van der Waals surface area (Å²) in [6.07, 6.45) is 6.22. The van der Waals surface area contributed by atoms with E-state index in [1.165, 1.54) is 4.90 Å². The van der Waals surface area contributed by atoms with Crippen LogP contribution in [0.2, 0.25) is 10.0 Å². The first kappa shape index (κ1) is 33.8. The maximum Gasteiger partial charge on any atom is 0.510 e. The molecule has 0 spiro atoms. The first-order valence-electron chi connectivity index (χ1n) is 15.1. The van der Waals surface area contributed by atoms with Gasteiger partial charge in [0.1, 0.15) is 5.75 Å². The number of rotatable bonds is 18. The number of halogens is 2. The fourth-order valence-electron chi connectivity index (χ4n) is 4.85. The molecule has 2 aromatic rings. The van der Waals surface area contributed by atoms with Gasteiger partial charge in [-0.2, -0.15) is 0 Å². The van der Waals surface area contributed by atoms with Gasteiger partial charge in [-0.25, -0.2) is 4.79 Å². The Kier molecular flexibility index (Phi) is 14.6. The van der Waals surface area contributed by atoms with Gasteiger partial charge in [0.25, 0.3) is 0 Å². The summed E-state index contributed by atoms with van der Waals surface area (Å²) in [5.41, 5.74) is 2.69. The van der Waals surface area contributed by atoms with Gasteiger partial charge in [0.15, 0.2) is 6.73 Å². The molecule has 0 saturated carbocycles. The summed E-state index contributed by atoms with van der Waals surface area (Å²) in [4.78, 5) is 30.7. The van der Waals surface area contributed by atoms with Crippen molar-refractivity contribution in [2.75, 3.05) is 63.0 Å². The van der Waals surface area contributed by atoms with Crippen LogP contribution < -0.4 is 14.5 Å². The Labute approximate surface area is 260 Å². The van der Waals surface area contributed by atoms with Crippen molar-refractivity contribution in [2.45, 2.75) is 65.2 Å². The zero-order valence-corrected chi connectivity index (χ0v) is 26.7. The highest BCUT2D eigenvalue weighted by molar-refractivity contribution is 6.43. The third-order valence-electron chi connectivity index (χ3n) is 7.46. The van der Waals surface area contributed by atoms with Gasteiger partial charge in [0.2, 0.25) is 5.91 Å². The van der Waals surface area contributed by atoms with Crippen molar-refractivity contribution in [1.82, 2.24) is 4.90 Å². The van der Waals surface area contributed by atoms with Gasteiger partial charge in [-0.3, -0.25) is 9.69 Å². The second-order valence-electron chi connectivity index (χ2n) is 10.5. The average Bonchev–Trinajstić information content (AvgIpc) is 2.99. The highest BCUT2D eigenvalue weighted by Crippen LogP contribution is 2.32. The van der Waals surface area contributed by atoms with Crippen LogP contribution >= 0.6 is 23.2 Å². The number of nitrogens with zero attached hydrogens (tertiary/aromatic N) is 3. The van der Waals surface area contributed by atoms with Gasteiger partial charge < -0.3 is 24.0 Å². The summed E-state index contributed by atoms with van der Waals surface area (Å²) in [5.74, 6) is 0.609. The van der Waals surface area contributed by atoms with Crippen molar-refractivity contribution in [2.24, 2.45) is 0 Å². The minimum Gasteiger partial charge on any atom is -0.494 e. The molecule has 0 N–H and O–H groups in total. The monoisotopic (exact) mass is 621 g/mol. The highest BCUT2D eigenvalue weighted by atomic mass is 35.5. The van der Waals surface area contributed by atoms with Crippen LogP contribution in [0.15, 0.2) is 36.4 Å². The number of likely N-dealkylation sites (N-methyl/N-ethyl adjacent to an activating group) is 2. The van der Waals surface area contributed by atoms with Gasteiger partial charge >= 0.3 is 6.16 Å². The molecule has 1 amide bonds. The van der Waals surface area contributed by atoms with Crippen molar-refractivity contribution in [3.05, 3.63) is 52.0 Å². The maximum absolute atomic E-state index is 12.6. The van der Waals surface area contributed by atoms with Crippen LogP contribution in [-0.2, 0) is 20.7 Å². The second-order valence-corrected chi connectivity index (χ2v) is 11.3. The smallest absolute Gasteiger partial charge is 0.494 e. The van der Waals surface area contributed by atoms with E-state index >= 15 is 0 Å². The molecule has 232 valence electrons. The number of anilines is 2. The van der Waals surface area contributed by atoms with Crippen molar-refractivity contribution in [1.29, 1.82) is 0 Å². The number of benzene rings is 2. The summed E-state index contributed by atoms with van der Waals surface area (Å²) in [5, 5.41) is 1.15. The van der Waals surface area contributed by atoms with Crippen molar-refractivity contribution in [3.63, 3.8) is 0 Å². The molecule has 8 nitrogen and oxygen atoms in total. The number of ether oxygens (including phenoxy) is 3. The zero-order chi connectivity index (χ0) is 30.3. The van der Waals surface area contributed by atoms with E-state index in [-0.39, 0.29) is 12.6 Å². The van der Waals surface area contributed by atoms with E-state index < -0.39 is 6.16 Å². The second kappa shape index (κ2) is 18.1. The topological polar surface area (TPSA) is 71.5 Å². The molecular formula is C32H45Cl2N3O5. The van der Waals surface area contributed by atoms with Crippen LogP contribution in [0.3, 0.4) is 0 Å². The van der Waals surface area contributed by atoms with E-state index in [0.717, 1.165) is 81.6 Å². The van der Waals surface area contributed by atoms with Crippen LogP contribution in [0.4, 0.5) is 16.2 Å². The Bertz CT molecular complexity index is 1150. The molecule has 0 unspecified atom stereocenters. The summed E-state index contributed by atoms with van der Waals surface area (Å²) in [7, 11) is 2.03. The average molecular weight is 623 g/mol. The molecule has 1 aliphatic rings. The molecule has 10 heteroatoms. The Morgan fingerprint density at radius 1 is 0.929 bits per heavy atom. The molecule has 1 heterocycles. The Morgan fingerprint density at radius 3 is 2.52 bits per heavy atom. The van der Waals surface area contributed by atoms with E-state index in [1.54, 1.807) is 6.07 Å². The number of amides is 1. The predicted octanol–water partition coefficient (Wildman–Crippen LogP) is 7.58. The number of aryl methyl sites for hydroxylation is 1. The summed E-state index contributed by atoms with van der Waals surface area (Å²) in [6.45, 7) is 8.71. The fraction of sp³-hybridized carbons (Fsp3) is 0.562. The van der Waals surface area contributed by atoms with Crippen LogP contribution in [0.5, 0.6) is 5.75 Å². The van der Waals surface area contributed by atoms with E-state index in [2.05, 4.69) is 23.6 Å². The molecule has 2 aromatic carbocycles. The minimum absolute atomic E-state index is 0.0849. The molecule has 0 aromatic heterocycles. The number of carbonyl (C=O) groups excluding carboxylic acids is 2. The zero-order valence-electron chi connectivity index (χ0n) is 25.2. The Morgan fingerprint density at radius 2 is 1.74 bits per heavy atom. The normalized spacial score (nSPS) is 12.8. The lowest BCUT2D eigenvalue weighted by atomic mass is 10.0. The third kappa shape index (κ3) is 10.5. The third-order valence-corrected chi connectivity index (χ3v) is 8.27. The molecule has 0 saturated heterocycles. The number of hydrogen-bond acceptors (Lipinski definition) is 7. The van der Waals surface area contributed by atoms with Crippen LogP contribution in [0, 0.1) is 0 Å². The fourth-order valence-corrected chi connectivity index (χ4v) is 5.29. The van der Waals surface area contributed by atoms with E-state index in [0.29, 0.717) is 41.9 Å². The van der Waals surface area contributed by atoms with Crippen molar-refractivity contribution < 1.29 is 23.8 Å². The van der Waals surface area contributed by atoms with E-state index in [4.69, 9.17) is 37.4 Å². The summed E-state index contributed by atoms with van der Waals surface area (Å²) < 4.78 is 16.4. The molecule has 0 radical (unpaired) electrons. The van der Waals surface area contributed by atoms with Gasteiger partial charge in [-0.1, -0.05) is 68.4 Å². The number of hydrogen-bond donors (Lipinski definition) is 0. The van der Waals surface area contributed by atoms with Gasteiger partial charge in [0, 0.05) is 32.6 Å². The largest absolute Gasteiger partial charge is 0.510 e. The molecule has 0 atom stereocenters.